The molecule has 0 spiro atoms. The Bertz CT molecular complexity index is 483. The fourth-order valence-electron chi connectivity index (χ4n) is 2.33. The average Bonchev–Trinajstić information content (AvgIpc) is 2.57. The monoisotopic (exact) mass is 337 g/mol. The zero-order chi connectivity index (χ0) is 16.9. The maximum absolute atomic E-state index is 11.9. The number of ether oxygens (including phenoxy) is 1. The van der Waals surface area contributed by atoms with Gasteiger partial charge >= 0.3 is 5.97 Å². The summed E-state index contributed by atoms with van der Waals surface area (Å²) in [6.07, 6.45) is 9.43. The van der Waals surface area contributed by atoms with Crippen LogP contribution in [0.1, 0.15) is 51.0 Å². The van der Waals surface area contributed by atoms with E-state index in [4.69, 9.17) is 16.3 Å². The van der Waals surface area contributed by atoms with Crippen molar-refractivity contribution in [3.63, 3.8) is 0 Å². The minimum atomic E-state index is -0.296. The van der Waals surface area contributed by atoms with Crippen molar-refractivity contribution in [1.29, 1.82) is 0 Å². The van der Waals surface area contributed by atoms with E-state index >= 15 is 0 Å². The van der Waals surface area contributed by atoms with Crippen molar-refractivity contribution in [3.8, 4) is 0 Å². The topological polar surface area (TPSA) is 38.3 Å². The van der Waals surface area contributed by atoms with Gasteiger partial charge in [0, 0.05) is 11.6 Å². The average molecular weight is 338 g/mol. The van der Waals surface area contributed by atoms with E-state index in [1.165, 1.54) is 39.2 Å². The fourth-order valence-corrected chi connectivity index (χ4v) is 2.45. The first-order chi connectivity index (χ1) is 11.2. The van der Waals surface area contributed by atoms with Crippen molar-refractivity contribution in [2.45, 2.75) is 45.4 Å². The first-order valence-corrected chi connectivity index (χ1v) is 8.80. The number of carbonyl (C=O) groups excluding carboxylic acids is 1. The highest BCUT2D eigenvalue weighted by Crippen LogP contribution is 2.13. The van der Waals surface area contributed by atoms with E-state index in [1.807, 2.05) is 30.3 Å². The summed E-state index contributed by atoms with van der Waals surface area (Å²) in [5, 5.41) is 4.01. The van der Waals surface area contributed by atoms with Crippen molar-refractivity contribution >= 4 is 23.6 Å². The molecule has 0 aliphatic heterocycles. The van der Waals surface area contributed by atoms with Gasteiger partial charge in [-0.05, 0) is 36.7 Å². The first-order valence-electron chi connectivity index (χ1n) is 8.42. The van der Waals surface area contributed by atoms with Gasteiger partial charge in [-0.2, -0.15) is 0 Å². The summed E-state index contributed by atoms with van der Waals surface area (Å²) < 4.78 is 4.86. The van der Waals surface area contributed by atoms with Gasteiger partial charge in [0.1, 0.15) is 0 Å². The van der Waals surface area contributed by atoms with E-state index in [0.717, 1.165) is 18.5 Å². The van der Waals surface area contributed by atoms with Crippen molar-refractivity contribution < 1.29 is 9.53 Å². The molecule has 0 fully saturated rings. The second kappa shape index (κ2) is 12.1. The lowest BCUT2D eigenvalue weighted by atomic mass is 10.1. The molecule has 0 aliphatic rings. The Morgan fingerprint density at radius 3 is 2.43 bits per heavy atom. The number of benzene rings is 1. The third-order valence-electron chi connectivity index (χ3n) is 3.68. The Balaban J connectivity index is 2.40. The van der Waals surface area contributed by atoms with Gasteiger partial charge in [0.2, 0.25) is 0 Å². The van der Waals surface area contributed by atoms with E-state index in [1.54, 1.807) is 0 Å². The van der Waals surface area contributed by atoms with Crippen LogP contribution in [0.5, 0.6) is 0 Å². The molecule has 0 amide bonds. The highest BCUT2D eigenvalue weighted by molar-refractivity contribution is 6.30. The number of unbranched alkanes of at least 4 members (excludes halogenated alkanes) is 5. The summed E-state index contributed by atoms with van der Waals surface area (Å²) in [6, 6.07) is 7.40. The highest BCUT2D eigenvalue weighted by Gasteiger charge is 2.09. The van der Waals surface area contributed by atoms with Gasteiger partial charge in [-0.1, -0.05) is 62.8 Å². The first kappa shape index (κ1) is 19.7. The smallest absolute Gasteiger partial charge is 0.335 e. The molecule has 1 N–H and O–H groups in total. The second-order valence-corrected chi connectivity index (χ2v) is 6.09. The number of hydrogen-bond acceptors (Lipinski definition) is 3. The number of nitrogens with one attached hydrogen (secondary N) is 1. The molecule has 0 unspecified atom stereocenters. The maximum atomic E-state index is 11.9. The van der Waals surface area contributed by atoms with Crippen LogP contribution in [0.3, 0.4) is 0 Å². The molecule has 0 saturated heterocycles. The summed E-state index contributed by atoms with van der Waals surface area (Å²) in [4.78, 5) is 11.9. The predicted molar refractivity (Wildman–Crippen MR) is 97.7 cm³/mol. The summed E-state index contributed by atoms with van der Waals surface area (Å²) in [5.74, 6) is -0.296. The lowest BCUT2D eigenvalue weighted by Crippen LogP contribution is -2.22. The minimum Gasteiger partial charge on any atom is -0.466 e. The predicted octanol–water partition coefficient (Wildman–Crippen LogP) is 4.85. The molecule has 0 saturated carbocycles. The largest absolute Gasteiger partial charge is 0.466 e. The maximum Gasteiger partial charge on any atom is 0.335 e. The molecule has 3 nitrogen and oxygen atoms in total. The summed E-state index contributed by atoms with van der Waals surface area (Å²) >= 11 is 5.88. The third-order valence-corrected chi connectivity index (χ3v) is 3.93. The van der Waals surface area contributed by atoms with Gasteiger partial charge in [-0.25, -0.2) is 4.79 Å². The molecule has 4 heteroatoms. The number of methoxy groups -OCH3 is 1. The van der Waals surface area contributed by atoms with Gasteiger partial charge < -0.3 is 10.1 Å². The molecular formula is C19H28ClNO2. The molecule has 0 radical (unpaired) electrons. The molecule has 0 atom stereocenters. The fraction of sp³-hybridized carbons (Fsp3) is 0.526. The number of carbonyl (C=O) groups is 1. The standard InChI is InChI=1S/C19H28ClNO2/c1-3-4-5-6-7-8-13-21-15-17(19(22)23-2)14-16-9-11-18(20)12-10-16/h9-12,14,21H,3-8,13,15H2,1-2H3/b17-14+. The summed E-state index contributed by atoms with van der Waals surface area (Å²) in [6.45, 7) is 3.66. The van der Waals surface area contributed by atoms with Gasteiger partial charge in [-0.15, -0.1) is 0 Å². The normalized spacial score (nSPS) is 11.5. The molecule has 1 aromatic carbocycles. The lowest BCUT2D eigenvalue weighted by molar-refractivity contribution is -0.136. The van der Waals surface area contributed by atoms with Gasteiger partial charge in [0.25, 0.3) is 0 Å². The molecule has 0 heterocycles. The summed E-state index contributed by atoms with van der Waals surface area (Å²) in [5.41, 5.74) is 1.57. The molecule has 0 aromatic heterocycles. The van der Waals surface area contributed by atoms with Crippen LogP contribution < -0.4 is 5.32 Å². The number of halogens is 1. The van der Waals surface area contributed by atoms with Crippen LogP contribution in [0, 0.1) is 0 Å². The highest BCUT2D eigenvalue weighted by atomic mass is 35.5. The number of hydrogen-bond donors (Lipinski definition) is 1. The molecular weight excluding hydrogens is 310 g/mol. The lowest BCUT2D eigenvalue weighted by Gasteiger charge is -2.08. The van der Waals surface area contributed by atoms with Crippen LogP contribution in [0.2, 0.25) is 5.02 Å². The van der Waals surface area contributed by atoms with Gasteiger partial charge in [0.05, 0.1) is 12.7 Å². The zero-order valence-corrected chi connectivity index (χ0v) is 15.0. The molecule has 0 aliphatic carbocycles. The molecule has 1 aromatic rings. The van der Waals surface area contributed by atoms with Crippen LogP contribution in [0.4, 0.5) is 0 Å². The minimum absolute atomic E-state index is 0.296. The van der Waals surface area contributed by atoms with E-state index in [-0.39, 0.29) is 5.97 Å². The van der Waals surface area contributed by atoms with E-state index in [2.05, 4.69) is 12.2 Å². The van der Waals surface area contributed by atoms with E-state index < -0.39 is 0 Å². The Morgan fingerprint density at radius 1 is 1.13 bits per heavy atom. The van der Waals surface area contributed by atoms with Crippen LogP contribution in [-0.4, -0.2) is 26.2 Å². The Morgan fingerprint density at radius 2 is 1.78 bits per heavy atom. The summed E-state index contributed by atoms with van der Waals surface area (Å²) in [7, 11) is 1.41. The molecule has 0 bridgehead atoms. The molecule has 1 rings (SSSR count). The molecule has 23 heavy (non-hydrogen) atoms. The zero-order valence-electron chi connectivity index (χ0n) is 14.2. The van der Waals surface area contributed by atoms with Gasteiger partial charge in [0.15, 0.2) is 0 Å². The van der Waals surface area contributed by atoms with Crippen molar-refractivity contribution in [3.05, 3.63) is 40.4 Å². The molecule has 128 valence electrons. The van der Waals surface area contributed by atoms with Gasteiger partial charge in [-0.3, -0.25) is 0 Å². The van der Waals surface area contributed by atoms with Crippen LogP contribution >= 0.6 is 11.6 Å². The Kier molecular flexibility index (Phi) is 10.4. The quantitative estimate of drug-likeness (QED) is 0.356. The van der Waals surface area contributed by atoms with Crippen LogP contribution in [0.15, 0.2) is 29.8 Å². The van der Waals surface area contributed by atoms with Crippen molar-refractivity contribution in [2.75, 3.05) is 20.2 Å². The third kappa shape index (κ3) is 8.77. The van der Waals surface area contributed by atoms with E-state index in [9.17, 15) is 4.79 Å². The second-order valence-electron chi connectivity index (χ2n) is 5.66. The van der Waals surface area contributed by atoms with E-state index in [0.29, 0.717) is 17.1 Å². The van der Waals surface area contributed by atoms with Crippen LogP contribution in [0.25, 0.3) is 6.08 Å². The van der Waals surface area contributed by atoms with Crippen LogP contribution in [-0.2, 0) is 9.53 Å². The van der Waals surface area contributed by atoms with Crippen molar-refractivity contribution in [1.82, 2.24) is 5.32 Å². The Labute approximate surface area is 145 Å². The number of esters is 1. The van der Waals surface area contributed by atoms with Crippen molar-refractivity contribution in [2.24, 2.45) is 0 Å². The number of rotatable bonds is 11. The Hall–Kier alpha value is -1.32. The SMILES string of the molecule is CCCCCCCCNC/C(=C\c1ccc(Cl)cc1)C(=O)OC.